The van der Waals surface area contributed by atoms with E-state index in [0.29, 0.717) is 36.3 Å². The van der Waals surface area contributed by atoms with Gasteiger partial charge >= 0.3 is 0 Å². The van der Waals surface area contributed by atoms with E-state index in [1.165, 1.54) is 11.3 Å². The fraction of sp³-hybridized carbons (Fsp3) is 0.360. The van der Waals surface area contributed by atoms with Gasteiger partial charge in [-0.15, -0.1) is 11.3 Å². The Morgan fingerprint density at radius 1 is 1.26 bits per heavy atom. The summed E-state index contributed by atoms with van der Waals surface area (Å²) in [5, 5.41) is 14.6. The molecule has 1 aromatic carbocycles. The lowest BCUT2D eigenvalue weighted by Crippen LogP contribution is -2.31. The van der Waals surface area contributed by atoms with Crippen molar-refractivity contribution in [3.8, 4) is 17.6 Å². The van der Waals surface area contributed by atoms with E-state index in [4.69, 9.17) is 19.7 Å². The molecular formula is C25H28N6O3S. The predicted octanol–water partition coefficient (Wildman–Crippen LogP) is 4.10. The summed E-state index contributed by atoms with van der Waals surface area (Å²) in [6.45, 7) is 2.11. The number of ether oxygens (including phenoxy) is 2. The summed E-state index contributed by atoms with van der Waals surface area (Å²) in [6.07, 6.45) is 2.05. The van der Waals surface area contributed by atoms with Crippen LogP contribution in [0.15, 0.2) is 47.8 Å². The smallest absolute Gasteiger partial charge is 0.273 e. The second-order valence-electron chi connectivity index (χ2n) is 8.15. The summed E-state index contributed by atoms with van der Waals surface area (Å²) in [7, 11) is 3.34. The third kappa shape index (κ3) is 6.26. The van der Waals surface area contributed by atoms with Crippen LogP contribution >= 0.6 is 11.3 Å². The number of likely N-dealkylation sites (tertiary alicyclic amines) is 1. The highest BCUT2D eigenvalue weighted by molar-refractivity contribution is 7.14. The highest BCUT2D eigenvalue weighted by Gasteiger charge is 2.27. The van der Waals surface area contributed by atoms with Gasteiger partial charge in [0.1, 0.15) is 29.6 Å². The van der Waals surface area contributed by atoms with E-state index < -0.39 is 0 Å². The maximum Gasteiger partial charge on any atom is 0.273 e. The van der Waals surface area contributed by atoms with E-state index in [-0.39, 0.29) is 11.9 Å². The molecule has 9 nitrogen and oxygen atoms in total. The summed E-state index contributed by atoms with van der Waals surface area (Å²) < 4.78 is 10.9. The molecule has 0 bridgehead atoms. The number of pyridine rings is 1. The lowest BCUT2D eigenvalue weighted by atomic mass is 10.1. The van der Waals surface area contributed by atoms with E-state index in [0.717, 1.165) is 36.6 Å². The van der Waals surface area contributed by atoms with Gasteiger partial charge in [0.2, 0.25) is 0 Å². The molecule has 1 fully saturated rings. The average molecular weight is 493 g/mol. The Morgan fingerprint density at radius 3 is 2.83 bits per heavy atom. The second-order valence-corrected chi connectivity index (χ2v) is 9.01. The van der Waals surface area contributed by atoms with Gasteiger partial charge in [0.05, 0.1) is 38.0 Å². The van der Waals surface area contributed by atoms with Crippen LogP contribution in [0, 0.1) is 11.3 Å². The number of likely N-dealkylation sites (N-methyl/N-ethyl adjacent to an activating group) is 1. The number of aromatic nitrogens is 2. The number of benzene rings is 1. The zero-order chi connectivity index (χ0) is 24.6. The first-order valence-electron chi connectivity index (χ1n) is 11.4. The molecule has 3 aromatic rings. The number of rotatable bonds is 10. The molecule has 1 amide bonds. The zero-order valence-electron chi connectivity index (χ0n) is 19.8. The fourth-order valence-electron chi connectivity index (χ4n) is 3.96. The standard InChI is InChI=1S/C25H28N6O3S/c1-30(15-16-34-19-10-8-18(33-2)9-11-19)24(32)21-17-35-25(28-21)29-23-7-3-5-20(27-23)22-6-4-13-31(22)14-12-26/h3,5,7-11,17,22H,4,6,13-16H2,1-2H3,(H,27,28,29)/t22-/m1/s1. The number of carbonyl (C=O) groups is 1. The minimum Gasteiger partial charge on any atom is -0.497 e. The van der Waals surface area contributed by atoms with Gasteiger partial charge in [-0.25, -0.2) is 9.97 Å². The first-order chi connectivity index (χ1) is 17.1. The highest BCUT2D eigenvalue weighted by atomic mass is 32.1. The van der Waals surface area contributed by atoms with Crippen LogP contribution in [0.5, 0.6) is 11.5 Å². The normalized spacial score (nSPS) is 15.4. The van der Waals surface area contributed by atoms with Crippen LogP contribution in [-0.2, 0) is 0 Å². The van der Waals surface area contributed by atoms with E-state index in [1.54, 1.807) is 24.4 Å². The van der Waals surface area contributed by atoms with E-state index in [2.05, 4.69) is 21.3 Å². The Labute approximate surface area is 208 Å². The number of hydrogen-bond donors (Lipinski definition) is 1. The number of thiazole rings is 1. The van der Waals surface area contributed by atoms with Gasteiger partial charge in [-0.05, 0) is 55.8 Å². The lowest BCUT2D eigenvalue weighted by molar-refractivity contribution is 0.0769. The predicted molar refractivity (Wildman–Crippen MR) is 134 cm³/mol. The van der Waals surface area contributed by atoms with Crippen molar-refractivity contribution < 1.29 is 14.3 Å². The number of amides is 1. The van der Waals surface area contributed by atoms with Crippen molar-refractivity contribution in [3.63, 3.8) is 0 Å². The first-order valence-corrected chi connectivity index (χ1v) is 12.3. The van der Waals surface area contributed by atoms with E-state index in [1.807, 2.05) is 42.5 Å². The van der Waals surface area contributed by atoms with Crippen LogP contribution in [0.1, 0.15) is 35.1 Å². The quantitative estimate of drug-likeness (QED) is 0.422. The Balaban J connectivity index is 1.31. The highest BCUT2D eigenvalue weighted by Crippen LogP contribution is 2.31. The number of nitriles is 1. The molecule has 1 saturated heterocycles. The number of hydrogen-bond acceptors (Lipinski definition) is 9. The van der Waals surface area contributed by atoms with E-state index >= 15 is 0 Å². The van der Waals surface area contributed by atoms with Crippen LogP contribution in [0.25, 0.3) is 0 Å². The van der Waals surface area contributed by atoms with Gasteiger partial charge in [0.15, 0.2) is 5.13 Å². The van der Waals surface area contributed by atoms with Crippen LogP contribution in [-0.4, -0.2) is 66.1 Å². The van der Waals surface area contributed by atoms with Gasteiger partial charge in [0, 0.05) is 12.4 Å². The van der Waals surface area contributed by atoms with Crippen molar-refractivity contribution >= 4 is 28.2 Å². The minimum absolute atomic E-state index is 0.151. The molecule has 182 valence electrons. The molecule has 1 atom stereocenters. The van der Waals surface area contributed by atoms with Crippen LogP contribution in [0.3, 0.4) is 0 Å². The molecule has 0 unspecified atom stereocenters. The van der Waals surface area contributed by atoms with Gasteiger partial charge in [-0.1, -0.05) is 6.07 Å². The molecule has 3 heterocycles. The van der Waals surface area contributed by atoms with Crippen molar-refractivity contribution in [2.45, 2.75) is 18.9 Å². The first kappa shape index (κ1) is 24.4. The van der Waals surface area contributed by atoms with Gasteiger partial charge in [0.25, 0.3) is 5.91 Å². The molecule has 0 aliphatic carbocycles. The summed E-state index contributed by atoms with van der Waals surface area (Å²) in [5.41, 5.74) is 1.31. The van der Waals surface area contributed by atoms with Crippen molar-refractivity contribution in [3.05, 3.63) is 59.2 Å². The third-order valence-corrected chi connectivity index (χ3v) is 6.57. The van der Waals surface area contributed by atoms with Gasteiger partial charge in [-0.2, -0.15) is 5.26 Å². The Morgan fingerprint density at radius 2 is 2.06 bits per heavy atom. The fourth-order valence-corrected chi connectivity index (χ4v) is 4.65. The van der Waals surface area contributed by atoms with Crippen molar-refractivity contribution in [1.29, 1.82) is 5.26 Å². The molecule has 4 rings (SSSR count). The summed E-state index contributed by atoms with van der Waals surface area (Å²) >= 11 is 1.35. The molecular weight excluding hydrogens is 464 g/mol. The Kier molecular flexibility index (Phi) is 8.13. The maximum atomic E-state index is 12.8. The van der Waals surface area contributed by atoms with Crippen LogP contribution in [0.2, 0.25) is 0 Å². The summed E-state index contributed by atoms with van der Waals surface area (Å²) in [4.78, 5) is 25.7. The third-order valence-electron chi connectivity index (χ3n) is 5.81. The number of carbonyl (C=O) groups excluding carboxylic acids is 1. The van der Waals surface area contributed by atoms with Crippen molar-refractivity contribution in [2.75, 3.05) is 45.7 Å². The minimum atomic E-state index is -0.174. The number of anilines is 2. The van der Waals surface area contributed by atoms with Crippen LogP contribution in [0.4, 0.5) is 10.9 Å². The lowest BCUT2D eigenvalue weighted by Gasteiger charge is -2.21. The Bertz CT molecular complexity index is 1180. The zero-order valence-corrected chi connectivity index (χ0v) is 20.6. The van der Waals surface area contributed by atoms with Crippen LogP contribution < -0.4 is 14.8 Å². The molecule has 1 aliphatic rings. The summed E-state index contributed by atoms with van der Waals surface area (Å²) in [5.74, 6) is 1.97. The monoisotopic (exact) mass is 492 g/mol. The largest absolute Gasteiger partial charge is 0.497 e. The van der Waals surface area contributed by atoms with Gasteiger partial charge in [-0.3, -0.25) is 9.69 Å². The average Bonchev–Trinajstić information content (AvgIpc) is 3.54. The maximum absolute atomic E-state index is 12.8. The molecule has 0 saturated carbocycles. The number of nitrogens with zero attached hydrogens (tertiary/aromatic N) is 5. The molecule has 1 aliphatic heterocycles. The molecule has 35 heavy (non-hydrogen) atoms. The second kappa shape index (κ2) is 11.6. The molecule has 2 aromatic heterocycles. The number of nitrogens with one attached hydrogen (secondary N) is 1. The molecule has 1 N–H and O–H groups in total. The number of methoxy groups -OCH3 is 1. The van der Waals surface area contributed by atoms with Crippen molar-refractivity contribution in [1.82, 2.24) is 19.8 Å². The van der Waals surface area contributed by atoms with Crippen molar-refractivity contribution in [2.24, 2.45) is 0 Å². The Hall–Kier alpha value is -3.68. The molecule has 0 radical (unpaired) electrons. The topological polar surface area (TPSA) is 104 Å². The van der Waals surface area contributed by atoms with E-state index in [9.17, 15) is 4.79 Å². The SMILES string of the molecule is COc1ccc(OCCN(C)C(=O)c2csc(Nc3cccc([C@H]4CCCN4CC#N)n3)n2)cc1. The summed E-state index contributed by atoms with van der Waals surface area (Å²) in [6, 6.07) is 15.5. The van der Waals surface area contributed by atoms with Gasteiger partial charge < -0.3 is 19.7 Å². The molecule has 10 heteroatoms. The molecule has 0 spiro atoms.